The number of tetrazole rings is 1. The normalized spacial score (nSPS) is 19.1. The summed E-state index contributed by atoms with van der Waals surface area (Å²) in [7, 11) is 3.23. The third-order valence-corrected chi connectivity index (χ3v) is 9.18. The highest BCUT2D eigenvalue weighted by Crippen LogP contribution is 2.44. The zero-order chi connectivity index (χ0) is 28.4. The Morgan fingerprint density at radius 2 is 1.95 bits per heavy atom. The van der Waals surface area contributed by atoms with E-state index in [1.54, 1.807) is 37.4 Å². The number of carbonyl (C=O) groups is 3. The quantitative estimate of drug-likeness (QED) is 0.265. The molecule has 40 heavy (non-hydrogen) atoms. The third-order valence-electron chi connectivity index (χ3n) is 6.76. The summed E-state index contributed by atoms with van der Waals surface area (Å²) in [5.74, 6) is -0.878. The minimum atomic E-state index is -1.20. The molecule has 0 spiro atoms. The Bertz CT molecular complexity index is 1460. The molecule has 1 saturated heterocycles. The molecule has 2 aromatic carbocycles. The van der Waals surface area contributed by atoms with Crippen molar-refractivity contribution in [2.45, 2.75) is 29.2 Å². The van der Waals surface area contributed by atoms with Gasteiger partial charge >= 0.3 is 5.97 Å². The summed E-state index contributed by atoms with van der Waals surface area (Å²) in [6.07, 6.45) is 0. The lowest BCUT2D eigenvalue weighted by molar-refractivity contribution is -0.161. The molecule has 12 nitrogen and oxygen atoms in total. The fraction of sp³-hybridized carbons (Fsp3) is 0.308. The van der Waals surface area contributed by atoms with Crippen molar-refractivity contribution in [3.05, 3.63) is 77.0 Å². The molecule has 0 radical (unpaired) electrons. The van der Waals surface area contributed by atoms with Crippen LogP contribution in [0.4, 0.5) is 0 Å². The molecule has 2 aliphatic rings. The summed E-state index contributed by atoms with van der Waals surface area (Å²) < 4.78 is 6.98. The van der Waals surface area contributed by atoms with E-state index in [0.717, 1.165) is 0 Å². The van der Waals surface area contributed by atoms with Crippen LogP contribution in [0, 0.1) is 0 Å². The monoisotopic (exact) mass is 581 g/mol. The number of thioether (sulfide) groups is 2. The van der Waals surface area contributed by atoms with E-state index in [4.69, 9.17) is 10.5 Å². The number of carboxylic acid groups (broad SMARTS) is 1. The fourth-order valence-electron chi connectivity index (χ4n) is 4.74. The van der Waals surface area contributed by atoms with Crippen molar-refractivity contribution in [3.8, 4) is 5.75 Å². The largest absolute Gasteiger partial charge is 0.496 e. The highest BCUT2D eigenvalue weighted by Gasteiger charge is 2.57. The van der Waals surface area contributed by atoms with Crippen LogP contribution in [0.5, 0.6) is 5.75 Å². The van der Waals surface area contributed by atoms with Crippen LogP contribution in [-0.4, -0.2) is 82.9 Å². The lowest BCUT2D eigenvalue weighted by Gasteiger charge is -2.53. The van der Waals surface area contributed by atoms with Crippen molar-refractivity contribution in [3.63, 3.8) is 0 Å². The summed E-state index contributed by atoms with van der Waals surface area (Å²) in [4.78, 5) is 42.7. The first kappa shape index (κ1) is 27.7. The number of hydrogen-bond acceptors (Lipinski definition) is 10. The van der Waals surface area contributed by atoms with Crippen LogP contribution in [0.3, 0.4) is 0 Å². The molecule has 2 aliphatic heterocycles. The van der Waals surface area contributed by atoms with Gasteiger partial charge in [-0.1, -0.05) is 60.3 Å². The number of fused-ring (bicyclic) bond motifs is 1. The number of β-lactam (4-membered cyclic amide) rings is 1. The van der Waals surface area contributed by atoms with Crippen molar-refractivity contribution < 1.29 is 24.2 Å². The molecule has 1 aromatic heterocycles. The number of aryl methyl sites for hydroxylation is 1. The highest BCUT2D eigenvalue weighted by molar-refractivity contribution is 8.01. The van der Waals surface area contributed by atoms with Gasteiger partial charge in [-0.15, -0.1) is 16.9 Å². The molecule has 3 atom stereocenters. The van der Waals surface area contributed by atoms with Crippen LogP contribution in [0.2, 0.25) is 0 Å². The maximum absolute atomic E-state index is 13.9. The van der Waals surface area contributed by atoms with Gasteiger partial charge in [-0.25, -0.2) is 9.48 Å². The van der Waals surface area contributed by atoms with E-state index >= 15 is 0 Å². The number of nitrogens with zero attached hydrogens (tertiary/aromatic N) is 6. The fourth-order valence-corrected chi connectivity index (χ4v) is 7.14. The predicted molar refractivity (Wildman–Crippen MR) is 148 cm³/mol. The van der Waals surface area contributed by atoms with Crippen molar-refractivity contribution in [1.82, 2.24) is 30.0 Å². The molecule has 3 aromatic rings. The third kappa shape index (κ3) is 5.17. The van der Waals surface area contributed by atoms with Gasteiger partial charge in [-0.2, -0.15) is 0 Å². The standard InChI is InChI=1S/C26H27N7O5S2/c1-31-26(28-29-30-31)40-14-17-13-39-24-21(23(35)33(24)20(17)25(36)37)32(12-16-10-6-7-11-18(16)38-2)22(34)19(27)15-8-4-3-5-9-15/h3-11,19,21,24H,12-14,27H2,1-2H3,(H,36,37)/t19-,21?,24-/m1/s1. The maximum Gasteiger partial charge on any atom is 0.352 e. The van der Waals surface area contributed by atoms with E-state index in [1.165, 1.54) is 45.1 Å². The number of hydrogen-bond donors (Lipinski definition) is 2. The topological polar surface area (TPSA) is 157 Å². The van der Waals surface area contributed by atoms with Crippen LogP contribution in [0.1, 0.15) is 17.2 Å². The number of carboxylic acids is 1. The number of rotatable bonds is 10. The summed E-state index contributed by atoms with van der Waals surface area (Å²) in [5.41, 5.74) is 8.24. The van der Waals surface area contributed by atoms with Gasteiger partial charge in [-0.05, 0) is 27.6 Å². The molecule has 0 saturated carbocycles. The molecule has 208 valence electrons. The minimum Gasteiger partial charge on any atom is -0.496 e. The zero-order valence-electron chi connectivity index (χ0n) is 21.7. The number of amides is 2. The van der Waals surface area contributed by atoms with E-state index in [1.807, 2.05) is 24.3 Å². The molecule has 1 unspecified atom stereocenters. The second-order valence-electron chi connectivity index (χ2n) is 9.15. The van der Waals surface area contributed by atoms with Gasteiger partial charge in [-0.3, -0.25) is 14.5 Å². The Hall–Kier alpha value is -3.88. The van der Waals surface area contributed by atoms with Crippen molar-refractivity contribution in [1.29, 1.82) is 0 Å². The Morgan fingerprint density at radius 1 is 1.23 bits per heavy atom. The van der Waals surface area contributed by atoms with Gasteiger partial charge in [0.2, 0.25) is 11.1 Å². The summed E-state index contributed by atoms with van der Waals surface area (Å²) in [6, 6.07) is 14.3. The van der Waals surface area contributed by atoms with Gasteiger partial charge in [0, 0.05) is 24.1 Å². The molecule has 1 fully saturated rings. The average Bonchev–Trinajstić information content (AvgIpc) is 3.39. The first-order valence-corrected chi connectivity index (χ1v) is 14.3. The van der Waals surface area contributed by atoms with Gasteiger partial charge in [0.1, 0.15) is 28.9 Å². The first-order valence-electron chi connectivity index (χ1n) is 12.3. The number of aliphatic carboxylic acids is 1. The number of ether oxygens (including phenoxy) is 1. The molecule has 0 bridgehead atoms. The van der Waals surface area contributed by atoms with E-state index in [2.05, 4.69) is 15.5 Å². The van der Waals surface area contributed by atoms with E-state index in [9.17, 15) is 19.5 Å². The molecule has 5 rings (SSSR count). The minimum absolute atomic E-state index is 0.0651. The van der Waals surface area contributed by atoms with Crippen molar-refractivity contribution >= 4 is 41.3 Å². The highest BCUT2D eigenvalue weighted by atomic mass is 32.2. The van der Waals surface area contributed by atoms with E-state index in [0.29, 0.717) is 39.1 Å². The van der Waals surface area contributed by atoms with Crippen LogP contribution in [0.25, 0.3) is 0 Å². The molecular formula is C26H27N7O5S2. The number of methoxy groups -OCH3 is 1. The lowest BCUT2D eigenvalue weighted by atomic mass is 9.98. The second kappa shape index (κ2) is 11.7. The molecule has 3 heterocycles. The van der Waals surface area contributed by atoms with Gasteiger partial charge in [0.15, 0.2) is 0 Å². The Labute approximate surface area is 238 Å². The van der Waals surface area contributed by atoms with Crippen LogP contribution < -0.4 is 10.5 Å². The Balaban J connectivity index is 1.45. The molecule has 3 N–H and O–H groups in total. The number of carbonyl (C=O) groups excluding carboxylic acids is 2. The van der Waals surface area contributed by atoms with Crippen LogP contribution >= 0.6 is 23.5 Å². The lowest BCUT2D eigenvalue weighted by Crippen LogP contribution is -2.71. The molecular weight excluding hydrogens is 554 g/mol. The van der Waals surface area contributed by atoms with Crippen molar-refractivity contribution in [2.75, 3.05) is 18.6 Å². The smallest absolute Gasteiger partial charge is 0.352 e. The molecule has 2 amide bonds. The second-order valence-corrected chi connectivity index (χ2v) is 11.2. The zero-order valence-corrected chi connectivity index (χ0v) is 23.3. The van der Waals surface area contributed by atoms with E-state index in [-0.39, 0.29) is 12.2 Å². The van der Waals surface area contributed by atoms with Crippen molar-refractivity contribution in [2.24, 2.45) is 12.8 Å². The molecule has 14 heteroatoms. The SMILES string of the molecule is COc1ccccc1CN(C(=O)[C@H](N)c1ccccc1)C1C(=O)N2C(C(=O)O)=C(CSc3nnnn3C)CS[C@H]12. The number of aromatic nitrogens is 4. The predicted octanol–water partition coefficient (Wildman–Crippen LogP) is 1.66. The number of nitrogens with two attached hydrogens (primary N) is 1. The average molecular weight is 582 g/mol. The first-order chi connectivity index (χ1) is 19.3. The summed E-state index contributed by atoms with van der Waals surface area (Å²) in [5, 5.41) is 21.4. The maximum atomic E-state index is 13.9. The molecule has 0 aliphatic carbocycles. The number of para-hydroxylation sites is 1. The summed E-state index contributed by atoms with van der Waals surface area (Å²) in [6.45, 7) is 0.0681. The van der Waals surface area contributed by atoms with Crippen LogP contribution in [-0.2, 0) is 28.0 Å². The van der Waals surface area contributed by atoms with Crippen LogP contribution in [0.15, 0.2) is 71.0 Å². The number of benzene rings is 2. The van der Waals surface area contributed by atoms with Gasteiger partial charge in [0.25, 0.3) is 5.91 Å². The Kier molecular flexibility index (Phi) is 8.09. The Morgan fingerprint density at radius 3 is 2.62 bits per heavy atom. The van der Waals surface area contributed by atoms with Gasteiger partial charge < -0.3 is 20.5 Å². The summed E-state index contributed by atoms with van der Waals surface area (Å²) >= 11 is 2.70. The van der Waals surface area contributed by atoms with Gasteiger partial charge in [0.05, 0.1) is 13.7 Å². The van der Waals surface area contributed by atoms with E-state index < -0.39 is 35.2 Å².